The summed E-state index contributed by atoms with van der Waals surface area (Å²) in [5.41, 5.74) is -1.24. The van der Waals surface area contributed by atoms with E-state index in [9.17, 15) is 19.5 Å². The van der Waals surface area contributed by atoms with Crippen molar-refractivity contribution in [2.24, 2.45) is 5.41 Å². The maximum absolute atomic E-state index is 12.6. The van der Waals surface area contributed by atoms with Gasteiger partial charge in [0.1, 0.15) is 29.2 Å². The van der Waals surface area contributed by atoms with Crippen molar-refractivity contribution in [3.05, 3.63) is 30.3 Å². The van der Waals surface area contributed by atoms with Crippen LogP contribution in [0, 0.1) is 5.41 Å². The standard InChI is InChI=1S/C17H19NO5S/c1-16(2)12(13(20)21)18-14(22)17(3,15(18)24-16)11(19)9-23-10-7-5-4-6-8-10/h4-8,12,15H,9H2,1-3H3,(H,20,21)/t12-,15+,17-/m0/s1. The molecule has 1 amide bonds. The Kier molecular flexibility index (Phi) is 3.86. The van der Waals surface area contributed by atoms with Gasteiger partial charge in [0.2, 0.25) is 5.91 Å². The number of fused-ring (bicyclic) bond motifs is 1. The monoisotopic (exact) mass is 349 g/mol. The Hall–Kier alpha value is -2.02. The highest BCUT2D eigenvalue weighted by atomic mass is 32.2. The molecular weight excluding hydrogens is 330 g/mol. The van der Waals surface area contributed by atoms with Crippen LogP contribution >= 0.6 is 11.8 Å². The lowest BCUT2D eigenvalue weighted by atomic mass is 9.75. The second-order valence-corrected chi connectivity index (χ2v) is 8.49. The van der Waals surface area contributed by atoms with E-state index in [-0.39, 0.29) is 12.4 Å². The number of amides is 1. The summed E-state index contributed by atoms with van der Waals surface area (Å²) < 4.78 is 4.82. The lowest BCUT2D eigenvalue weighted by Crippen LogP contribution is -2.71. The third kappa shape index (κ3) is 2.30. The molecule has 1 aromatic rings. The number of hydrogen-bond acceptors (Lipinski definition) is 5. The number of carboxylic acids is 1. The average Bonchev–Trinajstić information content (AvgIpc) is 2.82. The van der Waals surface area contributed by atoms with Crippen molar-refractivity contribution in [2.45, 2.75) is 36.9 Å². The van der Waals surface area contributed by atoms with Crippen LogP contribution in [0.4, 0.5) is 0 Å². The molecule has 2 saturated heterocycles. The van der Waals surface area contributed by atoms with Crippen LogP contribution in [0.25, 0.3) is 0 Å². The largest absolute Gasteiger partial charge is 0.486 e. The third-order valence-corrected chi connectivity index (χ3v) is 6.46. The van der Waals surface area contributed by atoms with Gasteiger partial charge in [0.15, 0.2) is 5.78 Å². The third-order valence-electron chi connectivity index (χ3n) is 4.70. The number of ketones is 1. The number of thioether (sulfide) groups is 1. The first kappa shape index (κ1) is 16.8. The Morgan fingerprint density at radius 2 is 1.88 bits per heavy atom. The number of β-lactam (4-membered cyclic amide) rings is 1. The van der Waals surface area contributed by atoms with Crippen molar-refractivity contribution in [3.63, 3.8) is 0 Å². The van der Waals surface area contributed by atoms with Gasteiger partial charge >= 0.3 is 5.97 Å². The second kappa shape index (κ2) is 5.51. The lowest BCUT2D eigenvalue weighted by Gasteiger charge is -2.50. The Morgan fingerprint density at radius 3 is 2.46 bits per heavy atom. The molecule has 3 rings (SSSR count). The minimum absolute atomic E-state index is 0.213. The lowest BCUT2D eigenvalue weighted by molar-refractivity contribution is -0.176. The molecule has 2 fully saturated rings. The molecule has 2 aliphatic heterocycles. The molecule has 7 heteroatoms. The Bertz CT molecular complexity index is 704. The summed E-state index contributed by atoms with van der Waals surface area (Å²) in [6.07, 6.45) is 0. The molecule has 3 atom stereocenters. The quantitative estimate of drug-likeness (QED) is 0.644. The van der Waals surface area contributed by atoms with E-state index in [0.29, 0.717) is 5.75 Å². The molecule has 0 unspecified atom stereocenters. The number of ether oxygens (including phenoxy) is 1. The molecule has 0 aliphatic carbocycles. The molecule has 2 aliphatic rings. The van der Waals surface area contributed by atoms with Gasteiger partial charge in [-0.05, 0) is 32.9 Å². The molecule has 0 radical (unpaired) electrons. The number of nitrogens with zero attached hydrogens (tertiary/aromatic N) is 1. The predicted octanol–water partition coefficient (Wildman–Crippen LogP) is 1.79. The smallest absolute Gasteiger partial charge is 0.327 e. The molecule has 2 heterocycles. The number of benzene rings is 1. The van der Waals surface area contributed by atoms with Crippen LogP contribution in [0.5, 0.6) is 5.75 Å². The molecule has 6 nitrogen and oxygen atoms in total. The van der Waals surface area contributed by atoms with Crippen LogP contribution in [-0.2, 0) is 14.4 Å². The minimum Gasteiger partial charge on any atom is -0.486 e. The first-order valence-corrected chi connectivity index (χ1v) is 8.52. The van der Waals surface area contributed by atoms with Crippen LogP contribution in [-0.4, -0.2) is 50.4 Å². The van der Waals surface area contributed by atoms with Crippen LogP contribution < -0.4 is 4.74 Å². The van der Waals surface area contributed by atoms with E-state index >= 15 is 0 Å². The maximum Gasteiger partial charge on any atom is 0.327 e. The number of para-hydroxylation sites is 1. The van der Waals surface area contributed by atoms with Crippen molar-refractivity contribution in [1.82, 2.24) is 4.90 Å². The van der Waals surface area contributed by atoms with Crippen molar-refractivity contribution < 1.29 is 24.2 Å². The van der Waals surface area contributed by atoms with Crippen LogP contribution in [0.1, 0.15) is 20.8 Å². The number of Topliss-reactive ketones (excluding diaryl/α,β-unsaturated/α-hetero) is 1. The summed E-state index contributed by atoms with van der Waals surface area (Å²) in [6.45, 7) is 4.94. The zero-order valence-electron chi connectivity index (χ0n) is 13.7. The predicted molar refractivity (Wildman–Crippen MR) is 88.8 cm³/mol. The van der Waals surface area contributed by atoms with Gasteiger partial charge < -0.3 is 14.7 Å². The summed E-state index contributed by atoms with van der Waals surface area (Å²) in [7, 11) is 0. The van der Waals surface area contributed by atoms with Gasteiger partial charge in [-0.25, -0.2) is 4.79 Å². The summed E-state index contributed by atoms with van der Waals surface area (Å²) in [6, 6.07) is 7.98. The molecule has 0 saturated carbocycles. The molecular formula is C17H19NO5S. The number of hydrogen-bond donors (Lipinski definition) is 1. The Morgan fingerprint density at radius 1 is 1.25 bits per heavy atom. The van der Waals surface area contributed by atoms with E-state index in [1.54, 1.807) is 45.0 Å². The van der Waals surface area contributed by atoms with E-state index in [2.05, 4.69) is 0 Å². The summed E-state index contributed by atoms with van der Waals surface area (Å²) in [5.74, 6) is -1.24. The number of carbonyl (C=O) groups is 3. The van der Waals surface area contributed by atoms with Crippen molar-refractivity contribution >= 4 is 29.4 Å². The van der Waals surface area contributed by atoms with E-state index in [0.717, 1.165) is 0 Å². The van der Waals surface area contributed by atoms with Gasteiger partial charge in [0, 0.05) is 4.75 Å². The summed E-state index contributed by atoms with van der Waals surface area (Å²) in [5, 5.41) is 8.97. The Balaban J connectivity index is 1.76. The zero-order chi connectivity index (χ0) is 17.7. The van der Waals surface area contributed by atoms with E-state index in [4.69, 9.17) is 4.74 Å². The highest BCUT2D eigenvalue weighted by Crippen LogP contribution is 2.58. The van der Waals surface area contributed by atoms with E-state index < -0.39 is 33.5 Å². The fourth-order valence-corrected chi connectivity index (χ4v) is 5.01. The molecule has 0 spiro atoms. The van der Waals surface area contributed by atoms with Crippen LogP contribution in [0.2, 0.25) is 0 Å². The van der Waals surface area contributed by atoms with Gasteiger partial charge in [0.05, 0.1) is 0 Å². The molecule has 1 aromatic carbocycles. The summed E-state index contributed by atoms with van der Waals surface area (Å²) >= 11 is 1.36. The highest BCUT2D eigenvalue weighted by Gasteiger charge is 2.71. The van der Waals surface area contributed by atoms with Gasteiger partial charge in [-0.2, -0.15) is 0 Å². The number of carboxylic acid groups (broad SMARTS) is 1. The number of aliphatic carboxylic acids is 1. The number of rotatable bonds is 5. The zero-order valence-corrected chi connectivity index (χ0v) is 14.5. The average molecular weight is 349 g/mol. The maximum atomic E-state index is 12.6. The topological polar surface area (TPSA) is 83.9 Å². The van der Waals surface area contributed by atoms with Crippen LogP contribution in [0.3, 0.4) is 0 Å². The first-order valence-electron chi connectivity index (χ1n) is 7.64. The minimum atomic E-state index is -1.24. The highest BCUT2D eigenvalue weighted by molar-refractivity contribution is 8.01. The van der Waals surface area contributed by atoms with E-state index in [1.165, 1.54) is 16.7 Å². The van der Waals surface area contributed by atoms with Crippen molar-refractivity contribution in [2.75, 3.05) is 6.61 Å². The fraction of sp³-hybridized carbons (Fsp3) is 0.471. The normalized spacial score (nSPS) is 30.5. The molecule has 24 heavy (non-hydrogen) atoms. The van der Waals surface area contributed by atoms with Crippen molar-refractivity contribution in [1.29, 1.82) is 0 Å². The second-order valence-electron chi connectivity index (χ2n) is 6.75. The van der Waals surface area contributed by atoms with Gasteiger partial charge in [-0.15, -0.1) is 11.8 Å². The first-order chi connectivity index (χ1) is 11.2. The number of carbonyl (C=O) groups excluding carboxylic acids is 2. The SMILES string of the molecule is CC1(C)S[C@H]2N(C(=O)[C@]2(C)C(=O)COc2ccccc2)[C@H]1C(=O)O. The fourth-order valence-electron chi connectivity index (χ4n) is 3.30. The Labute approximate surface area is 144 Å². The summed E-state index contributed by atoms with van der Waals surface area (Å²) in [4.78, 5) is 38.1. The van der Waals surface area contributed by atoms with Crippen LogP contribution in [0.15, 0.2) is 30.3 Å². The molecule has 1 N–H and O–H groups in total. The van der Waals surface area contributed by atoms with Gasteiger partial charge in [-0.3, -0.25) is 9.59 Å². The van der Waals surface area contributed by atoms with Gasteiger partial charge in [0.25, 0.3) is 0 Å². The molecule has 0 bridgehead atoms. The van der Waals surface area contributed by atoms with Crippen molar-refractivity contribution in [3.8, 4) is 5.75 Å². The molecule has 128 valence electrons. The molecule has 0 aromatic heterocycles. The van der Waals surface area contributed by atoms with E-state index in [1.807, 2.05) is 6.07 Å². The van der Waals surface area contributed by atoms with Gasteiger partial charge in [-0.1, -0.05) is 18.2 Å².